The predicted octanol–water partition coefficient (Wildman–Crippen LogP) is 2.80. The number of primary amides is 1. The van der Waals surface area contributed by atoms with E-state index >= 15 is 0 Å². The summed E-state index contributed by atoms with van der Waals surface area (Å²) in [6, 6.07) is 12.0. The summed E-state index contributed by atoms with van der Waals surface area (Å²) >= 11 is 0. The van der Waals surface area contributed by atoms with Crippen LogP contribution in [0.1, 0.15) is 28.9 Å². The van der Waals surface area contributed by atoms with Crippen LogP contribution in [-0.4, -0.2) is 71.3 Å². The number of hydrogen-bond acceptors (Lipinski definition) is 9. The van der Waals surface area contributed by atoms with Crippen molar-refractivity contribution in [3.63, 3.8) is 0 Å². The molecule has 5 rings (SSSR count). The van der Waals surface area contributed by atoms with Crippen molar-refractivity contribution < 1.29 is 14.3 Å². The zero-order valence-electron chi connectivity index (χ0n) is 20.2. The normalized spacial score (nSPS) is 17.0. The summed E-state index contributed by atoms with van der Waals surface area (Å²) in [7, 11) is 0. The largest absolute Gasteiger partial charge is 0.381 e. The van der Waals surface area contributed by atoms with Crippen molar-refractivity contribution in [3.05, 3.63) is 60.0 Å². The van der Waals surface area contributed by atoms with Crippen LogP contribution in [0, 0.1) is 0 Å². The summed E-state index contributed by atoms with van der Waals surface area (Å²) in [5.41, 5.74) is 9.18. The molecule has 10 heteroatoms. The number of aromatic nitrogens is 3. The Balaban J connectivity index is 1.42. The summed E-state index contributed by atoms with van der Waals surface area (Å²) in [5.74, 6) is 0.252. The fourth-order valence-corrected chi connectivity index (χ4v) is 4.39. The van der Waals surface area contributed by atoms with Gasteiger partial charge in [-0.15, -0.1) is 0 Å². The monoisotopic (exact) mass is 489 g/mol. The molecule has 0 spiro atoms. The van der Waals surface area contributed by atoms with E-state index in [0.717, 1.165) is 56.9 Å². The quantitative estimate of drug-likeness (QED) is 0.438. The number of amides is 1. The van der Waals surface area contributed by atoms with E-state index < -0.39 is 5.91 Å². The van der Waals surface area contributed by atoms with Crippen LogP contribution in [-0.2, 0) is 16.0 Å². The number of hydrogen-bond donors (Lipinski definition) is 3. The summed E-state index contributed by atoms with van der Waals surface area (Å²) in [4.78, 5) is 28.3. The molecule has 0 unspecified atom stereocenters. The highest BCUT2D eigenvalue weighted by Crippen LogP contribution is 2.30. The number of pyridine rings is 1. The number of morpholine rings is 1. The smallest absolute Gasteiger partial charge is 0.271 e. The molecule has 3 aromatic rings. The number of rotatable bonds is 8. The highest BCUT2D eigenvalue weighted by Gasteiger charge is 2.22. The predicted molar refractivity (Wildman–Crippen MR) is 137 cm³/mol. The van der Waals surface area contributed by atoms with E-state index in [1.54, 1.807) is 12.4 Å². The number of carbonyl (C=O) groups is 1. The van der Waals surface area contributed by atoms with Gasteiger partial charge in [-0.05, 0) is 42.7 Å². The van der Waals surface area contributed by atoms with Crippen molar-refractivity contribution >= 4 is 23.2 Å². The van der Waals surface area contributed by atoms with Crippen molar-refractivity contribution in [1.82, 2.24) is 19.9 Å². The number of anilines is 3. The Morgan fingerprint density at radius 2 is 1.64 bits per heavy atom. The van der Waals surface area contributed by atoms with Crippen molar-refractivity contribution in [3.8, 4) is 11.3 Å². The molecule has 0 bridgehead atoms. The minimum absolute atomic E-state index is 0.0803. The zero-order chi connectivity index (χ0) is 24.7. The Bertz CT molecular complexity index is 1160. The molecule has 4 heterocycles. The van der Waals surface area contributed by atoms with Gasteiger partial charge in [-0.2, -0.15) is 0 Å². The lowest BCUT2D eigenvalue weighted by Gasteiger charge is -2.26. The van der Waals surface area contributed by atoms with Gasteiger partial charge in [0.25, 0.3) is 5.91 Å². The Labute approximate surface area is 210 Å². The van der Waals surface area contributed by atoms with Gasteiger partial charge in [0, 0.05) is 62.5 Å². The first-order valence-electron chi connectivity index (χ1n) is 12.3. The highest BCUT2D eigenvalue weighted by atomic mass is 16.5. The summed E-state index contributed by atoms with van der Waals surface area (Å²) in [6.07, 6.45) is 5.10. The number of nitrogens with zero attached hydrogens (tertiary/aromatic N) is 4. The molecular weight excluding hydrogens is 458 g/mol. The molecule has 2 saturated heterocycles. The number of carbonyl (C=O) groups excluding carboxylic acids is 1. The van der Waals surface area contributed by atoms with Crippen LogP contribution in [0.5, 0.6) is 0 Å². The van der Waals surface area contributed by atoms with Crippen molar-refractivity contribution in [2.24, 2.45) is 5.73 Å². The minimum atomic E-state index is -0.651. The van der Waals surface area contributed by atoms with Crippen molar-refractivity contribution in [1.29, 1.82) is 0 Å². The van der Waals surface area contributed by atoms with Gasteiger partial charge in [-0.1, -0.05) is 12.1 Å². The van der Waals surface area contributed by atoms with Crippen LogP contribution in [0.4, 0.5) is 17.3 Å². The molecule has 4 N–H and O–H groups in total. The number of benzene rings is 1. The van der Waals surface area contributed by atoms with Crippen LogP contribution in [0.3, 0.4) is 0 Å². The number of nitrogens with two attached hydrogens (primary N) is 1. The van der Waals surface area contributed by atoms with Crippen LogP contribution in [0.25, 0.3) is 11.3 Å². The van der Waals surface area contributed by atoms with Crippen LogP contribution in [0.2, 0.25) is 0 Å². The molecule has 0 saturated carbocycles. The second-order valence-electron chi connectivity index (χ2n) is 8.96. The standard InChI is InChI=1S/C26H31N7O3/c27-24(34)23-26(29-20-3-1-18(2-4-20)17-33-11-15-36-16-12-33)32-25(30-21-7-13-35-14-8-21)22(31-23)19-5-9-28-10-6-19/h1-6,9-10,21H,7-8,11-17H2,(H2,27,34)(H2,29,30,32). The lowest BCUT2D eigenvalue weighted by Crippen LogP contribution is -2.35. The molecule has 1 aromatic carbocycles. The van der Waals surface area contributed by atoms with Gasteiger partial charge in [0.1, 0.15) is 5.69 Å². The number of ether oxygens (including phenoxy) is 2. The zero-order valence-corrected chi connectivity index (χ0v) is 20.2. The third-order valence-electron chi connectivity index (χ3n) is 6.37. The Kier molecular flexibility index (Phi) is 7.65. The van der Waals surface area contributed by atoms with Gasteiger partial charge in [-0.3, -0.25) is 14.7 Å². The topological polar surface area (TPSA) is 128 Å². The van der Waals surface area contributed by atoms with Gasteiger partial charge in [0.15, 0.2) is 17.3 Å². The lowest BCUT2D eigenvalue weighted by molar-refractivity contribution is 0.0342. The highest BCUT2D eigenvalue weighted by molar-refractivity contribution is 5.97. The maximum atomic E-state index is 12.4. The van der Waals surface area contributed by atoms with E-state index in [-0.39, 0.29) is 11.7 Å². The first-order valence-corrected chi connectivity index (χ1v) is 12.3. The van der Waals surface area contributed by atoms with E-state index in [9.17, 15) is 4.79 Å². The molecule has 2 aliphatic heterocycles. The molecule has 0 radical (unpaired) electrons. The average Bonchev–Trinajstić information content (AvgIpc) is 2.91. The SMILES string of the molecule is NC(=O)c1nc(-c2ccncc2)c(NC2CCOCC2)nc1Nc1ccc(CN2CCOCC2)cc1. The summed E-state index contributed by atoms with van der Waals surface area (Å²) < 4.78 is 10.9. The first-order chi connectivity index (χ1) is 17.7. The molecule has 36 heavy (non-hydrogen) atoms. The van der Waals surface area contributed by atoms with Crippen LogP contribution >= 0.6 is 0 Å². The second kappa shape index (κ2) is 11.4. The molecule has 0 aliphatic carbocycles. The summed E-state index contributed by atoms with van der Waals surface area (Å²) in [6.45, 7) is 5.67. The van der Waals surface area contributed by atoms with Crippen molar-refractivity contribution in [2.45, 2.75) is 25.4 Å². The van der Waals surface area contributed by atoms with Gasteiger partial charge >= 0.3 is 0 Å². The van der Waals surface area contributed by atoms with Gasteiger partial charge in [-0.25, -0.2) is 9.97 Å². The van der Waals surface area contributed by atoms with E-state index in [1.807, 2.05) is 24.3 Å². The third kappa shape index (κ3) is 5.96. The molecule has 188 valence electrons. The first kappa shape index (κ1) is 24.1. The van der Waals surface area contributed by atoms with E-state index in [1.165, 1.54) is 5.56 Å². The molecule has 1 amide bonds. The molecule has 2 fully saturated rings. The summed E-state index contributed by atoms with van der Waals surface area (Å²) in [5, 5.41) is 6.77. The van der Waals surface area contributed by atoms with Crippen LogP contribution < -0.4 is 16.4 Å². The third-order valence-corrected chi connectivity index (χ3v) is 6.37. The van der Waals surface area contributed by atoms with Gasteiger partial charge in [0.05, 0.1) is 13.2 Å². The average molecular weight is 490 g/mol. The number of nitrogens with one attached hydrogen (secondary N) is 2. The van der Waals surface area contributed by atoms with Crippen LogP contribution in [0.15, 0.2) is 48.8 Å². The lowest BCUT2D eigenvalue weighted by atomic mass is 10.1. The second-order valence-corrected chi connectivity index (χ2v) is 8.96. The molecule has 0 atom stereocenters. The maximum absolute atomic E-state index is 12.4. The van der Waals surface area contributed by atoms with Gasteiger partial charge < -0.3 is 25.8 Å². The van der Waals surface area contributed by atoms with E-state index in [2.05, 4.69) is 37.6 Å². The van der Waals surface area contributed by atoms with E-state index in [0.29, 0.717) is 30.5 Å². The fourth-order valence-electron chi connectivity index (χ4n) is 4.39. The minimum Gasteiger partial charge on any atom is -0.381 e. The molecular formula is C26H31N7O3. The Morgan fingerprint density at radius 1 is 0.944 bits per heavy atom. The van der Waals surface area contributed by atoms with Gasteiger partial charge in [0.2, 0.25) is 0 Å². The van der Waals surface area contributed by atoms with Crippen molar-refractivity contribution in [2.75, 3.05) is 50.2 Å². The Morgan fingerprint density at radius 3 is 2.33 bits per heavy atom. The molecule has 10 nitrogen and oxygen atoms in total. The maximum Gasteiger partial charge on any atom is 0.271 e. The molecule has 2 aliphatic rings. The molecule has 2 aromatic heterocycles. The van der Waals surface area contributed by atoms with E-state index in [4.69, 9.17) is 20.2 Å². The Hall–Kier alpha value is -3.60. The fraction of sp³-hybridized carbons (Fsp3) is 0.385.